The number of anilines is 1. The summed E-state index contributed by atoms with van der Waals surface area (Å²) in [6.07, 6.45) is 1.61. The Hall–Kier alpha value is -1.69. The summed E-state index contributed by atoms with van der Waals surface area (Å²) in [7, 11) is 0. The van der Waals surface area contributed by atoms with Crippen LogP contribution in [0.15, 0.2) is 18.3 Å². The summed E-state index contributed by atoms with van der Waals surface area (Å²) in [5.74, 6) is 3.03. The second-order valence-electron chi connectivity index (χ2n) is 1.71. The van der Waals surface area contributed by atoms with Crippen molar-refractivity contribution in [3.63, 3.8) is 0 Å². The van der Waals surface area contributed by atoms with Crippen LogP contribution in [0.5, 0.6) is 0 Å². The molecule has 3 heteroatoms. The number of hydrogen-bond acceptors (Lipinski definition) is 3. The van der Waals surface area contributed by atoms with Gasteiger partial charge < -0.3 is 11.5 Å². The van der Waals surface area contributed by atoms with E-state index in [2.05, 4.69) is 16.9 Å². The Bertz CT molecular complexity index is 282. The van der Waals surface area contributed by atoms with Crippen LogP contribution in [-0.2, 0) is 0 Å². The summed E-state index contributed by atoms with van der Waals surface area (Å²) < 4.78 is 0. The highest BCUT2D eigenvalue weighted by molar-refractivity contribution is 5.49. The summed E-state index contributed by atoms with van der Waals surface area (Å²) in [6, 6.07) is 5.78. The third kappa shape index (κ3) is 1.17. The number of hydrogen-bond donors (Lipinski definition) is 2. The first-order valence-corrected chi connectivity index (χ1v) is 2.76. The van der Waals surface area contributed by atoms with Crippen LogP contribution in [0, 0.1) is 12.0 Å². The van der Waals surface area contributed by atoms with E-state index in [4.69, 9.17) is 11.5 Å². The molecule has 0 aromatic carbocycles. The van der Waals surface area contributed by atoms with Crippen LogP contribution in [0.3, 0.4) is 0 Å². The number of nitrogens with zero attached hydrogens (tertiary/aromatic N) is 1. The molecule has 0 aliphatic heterocycles. The molecule has 1 rings (SSSR count). The van der Waals surface area contributed by atoms with Gasteiger partial charge in [0.2, 0.25) is 0 Å². The molecule has 0 spiro atoms. The van der Waals surface area contributed by atoms with Crippen LogP contribution in [0.1, 0.15) is 5.56 Å². The van der Waals surface area contributed by atoms with Gasteiger partial charge >= 0.3 is 0 Å². The molecule has 0 atom stereocenters. The van der Waals surface area contributed by atoms with E-state index in [1.54, 1.807) is 18.3 Å². The Kier molecular flexibility index (Phi) is 1.76. The Labute approximate surface area is 59.1 Å². The first kappa shape index (κ1) is 6.43. The minimum absolute atomic E-state index is 0.417. The fraction of sp³-hybridized carbons (Fsp3) is 0. The van der Waals surface area contributed by atoms with Crippen molar-refractivity contribution >= 4 is 5.82 Å². The standard InChI is InChI=1S/C7H7N3/c8-4-3-6-2-1-5-10-7(6)9/h1-2,5H,8H2,(H2,9,10). The molecule has 0 bridgehead atoms. The lowest BCUT2D eigenvalue weighted by atomic mass is 10.3. The molecule has 1 aromatic heterocycles. The fourth-order valence-corrected chi connectivity index (χ4v) is 0.601. The fourth-order valence-electron chi connectivity index (χ4n) is 0.601. The summed E-state index contributed by atoms with van der Waals surface area (Å²) >= 11 is 0. The minimum Gasteiger partial charge on any atom is -0.383 e. The quantitative estimate of drug-likeness (QED) is 0.384. The molecular formula is C7H7N3. The molecule has 0 unspecified atom stereocenters. The van der Waals surface area contributed by atoms with Crippen LogP contribution in [0.2, 0.25) is 0 Å². The lowest BCUT2D eigenvalue weighted by Crippen LogP contribution is -1.93. The van der Waals surface area contributed by atoms with Gasteiger partial charge in [-0.15, -0.1) is 0 Å². The minimum atomic E-state index is 0.417. The zero-order valence-electron chi connectivity index (χ0n) is 5.33. The maximum Gasteiger partial charge on any atom is 0.139 e. The van der Waals surface area contributed by atoms with Crippen LogP contribution < -0.4 is 11.5 Å². The zero-order valence-corrected chi connectivity index (χ0v) is 5.33. The van der Waals surface area contributed by atoms with Gasteiger partial charge in [-0.1, -0.05) is 0 Å². The normalized spacial score (nSPS) is 8.00. The predicted octanol–water partition coefficient (Wildman–Crippen LogP) is -0.0685. The van der Waals surface area contributed by atoms with Gasteiger partial charge in [0.1, 0.15) is 5.82 Å². The van der Waals surface area contributed by atoms with Crippen molar-refractivity contribution in [2.24, 2.45) is 5.73 Å². The van der Waals surface area contributed by atoms with Crippen molar-refractivity contribution in [1.29, 1.82) is 0 Å². The molecule has 0 fully saturated rings. The Morgan fingerprint density at radius 1 is 1.50 bits per heavy atom. The number of nitrogen functional groups attached to an aromatic ring is 1. The highest BCUT2D eigenvalue weighted by Gasteiger charge is 1.91. The second kappa shape index (κ2) is 2.74. The van der Waals surface area contributed by atoms with Crippen molar-refractivity contribution in [2.45, 2.75) is 0 Å². The van der Waals surface area contributed by atoms with Crippen molar-refractivity contribution in [2.75, 3.05) is 5.73 Å². The second-order valence-corrected chi connectivity index (χ2v) is 1.71. The molecule has 1 heterocycles. The lowest BCUT2D eigenvalue weighted by molar-refractivity contribution is 1.32. The van der Waals surface area contributed by atoms with E-state index >= 15 is 0 Å². The molecule has 0 aliphatic rings. The maximum absolute atomic E-state index is 5.44. The molecule has 0 saturated carbocycles. The third-order valence-electron chi connectivity index (χ3n) is 1.05. The van der Waals surface area contributed by atoms with Crippen molar-refractivity contribution < 1.29 is 0 Å². The molecule has 0 aliphatic carbocycles. The highest BCUT2D eigenvalue weighted by Crippen LogP contribution is 2.02. The van der Waals surface area contributed by atoms with Crippen molar-refractivity contribution in [3.8, 4) is 12.0 Å². The predicted molar refractivity (Wildman–Crippen MR) is 39.7 cm³/mol. The third-order valence-corrected chi connectivity index (χ3v) is 1.05. The number of nitrogens with two attached hydrogens (primary N) is 2. The SMILES string of the molecule is NC#Cc1cccnc1N. The summed E-state index contributed by atoms with van der Waals surface area (Å²) in [4.78, 5) is 3.82. The van der Waals surface area contributed by atoms with Gasteiger partial charge in [0.15, 0.2) is 0 Å². The van der Waals surface area contributed by atoms with Gasteiger partial charge in [-0.2, -0.15) is 0 Å². The zero-order chi connectivity index (χ0) is 7.40. The number of rotatable bonds is 0. The van der Waals surface area contributed by atoms with Gasteiger partial charge in [-0.3, -0.25) is 0 Å². The Balaban J connectivity index is 3.11. The molecule has 4 N–H and O–H groups in total. The average molecular weight is 133 g/mol. The molecular weight excluding hydrogens is 126 g/mol. The van der Waals surface area contributed by atoms with E-state index < -0.39 is 0 Å². The Morgan fingerprint density at radius 3 is 2.90 bits per heavy atom. The van der Waals surface area contributed by atoms with Gasteiger partial charge in [-0.25, -0.2) is 4.98 Å². The molecule has 0 radical (unpaired) electrons. The largest absolute Gasteiger partial charge is 0.383 e. The molecule has 10 heavy (non-hydrogen) atoms. The van der Waals surface area contributed by atoms with E-state index in [9.17, 15) is 0 Å². The van der Waals surface area contributed by atoms with Gasteiger partial charge in [-0.05, 0) is 18.1 Å². The van der Waals surface area contributed by atoms with Crippen LogP contribution in [0.25, 0.3) is 0 Å². The van der Waals surface area contributed by atoms with Gasteiger partial charge in [0.25, 0.3) is 0 Å². The molecule has 3 nitrogen and oxygen atoms in total. The molecule has 50 valence electrons. The molecule has 0 amide bonds. The van der Waals surface area contributed by atoms with Crippen LogP contribution in [-0.4, -0.2) is 4.98 Å². The van der Waals surface area contributed by atoms with E-state index in [1.165, 1.54) is 0 Å². The lowest BCUT2D eigenvalue weighted by Gasteiger charge is -1.92. The van der Waals surface area contributed by atoms with Crippen LogP contribution in [0.4, 0.5) is 5.82 Å². The van der Waals surface area contributed by atoms with Crippen molar-refractivity contribution in [3.05, 3.63) is 23.9 Å². The average Bonchev–Trinajstić information content (AvgIpc) is 1.94. The summed E-state index contributed by atoms with van der Waals surface area (Å²) in [6.45, 7) is 0. The monoisotopic (exact) mass is 133 g/mol. The summed E-state index contributed by atoms with van der Waals surface area (Å²) in [5, 5.41) is 0. The van der Waals surface area contributed by atoms with Crippen LogP contribution >= 0.6 is 0 Å². The Morgan fingerprint density at radius 2 is 2.30 bits per heavy atom. The maximum atomic E-state index is 5.44. The number of pyridine rings is 1. The molecule has 1 aromatic rings. The molecule has 0 saturated heterocycles. The van der Waals surface area contributed by atoms with E-state index in [1.807, 2.05) is 0 Å². The van der Waals surface area contributed by atoms with Gasteiger partial charge in [0.05, 0.1) is 5.56 Å². The first-order valence-electron chi connectivity index (χ1n) is 2.76. The van der Waals surface area contributed by atoms with E-state index in [0.29, 0.717) is 11.4 Å². The van der Waals surface area contributed by atoms with E-state index in [-0.39, 0.29) is 0 Å². The van der Waals surface area contributed by atoms with Gasteiger partial charge in [0, 0.05) is 12.2 Å². The smallest absolute Gasteiger partial charge is 0.139 e. The summed E-state index contributed by atoms with van der Waals surface area (Å²) in [5.41, 5.74) is 11.1. The number of aromatic nitrogens is 1. The highest BCUT2D eigenvalue weighted by atomic mass is 14.8. The van der Waals surface area contributed by atoms with Crippen molar-refractivity contribution in [1.82, 2.24) is 4.98 Å². The first-order chi connectivity index (χ1) is 4.84. The van der Waals surface area contributed by atoms with E-state index in [0.717, 1.165) is 0 Å². The topological polar surface area (TPSA) is 64.9 Å².